The number of sulfone groups is 1. The zero-order valence-corrected chi connectivity index (χ0v) is 14.9. The molecule has 0 saturated heterocycles. The molecule has 0 saturated carbocycles. The quantitative estimate of drug-likeness (QED) is 0.854. The van der Waals surface area contributed by atoms with Crippen LogP contribution in [-0.2, 0) is 14.6 Å². The summed E-state index contributed by atoms with van der Waals surface area (Å²) in [6.45, 7) is -0.542. The zero-order chi connectivity index (χ0) is 18.9. The van der Waals surface area contributed by atoms with Crippen molar-refractivity contribution in [2.24, 2.45) is 0 Å². The van der Waals surface area contributed by atoms with Gasteiger partial charge in [0.15, 0.2) is 28.0 Å². The third kappa shape index (κ3) is 3.96. The maximum Gasteiger partial charge on any atom is 0.258 e. The Morgan fingerprint density at radius 1 is 1.23 bits per heavy atom. The summed E-state index contributed by atoms with van der Waals surface area (Å²) >= 11 is 5.94. The van der Waals surface area contributed by atoms with Gasteiger partial charge in [-0.25, -0.2) is 17.2 Å². The Kier molecular flexibility index (Phi) is 5.15. The number of ether oxygens (including phenoxy) is 1. The van der Waals surface area contributed by atoms with Gasteiger partial charge in [0.05, 0.1) is 16.7 Å². The van der Waals surface area contributed by atoms with Gasteiger partial charge in [-0.1, -0.05) is 11.6 Å². The fourth-order valence-electron chi connectivity index (χ4n) is 2.73. The van der Waals surface area contributed by atoms with E-state index in [9.17, 15) is 22.0 Å². The molecular weight excluding hydrogens is 388 g/mol. The number of benzene rings is 2. The van der Waals surface area contributed by atoms with E-state index in [1.54, 1.807) is 0 Å². The molecule has 0 aromatic heterocycles. The Morgan fingerprint density at radius 3 is 2.77 bits per heavy atom. The molecule has 1 unspecified atom stereocenters. The third-order valence-electron chi connectivity index (χ3n) is 3.94. The molecule has 3 rings (SSSR count). The van der Waals surface area contributed by atoms with E-state index in [0.29, 0.717) is 10.6 Å². The number of rotatable bonds is 4. The van der Waals surface area contributed by atoms with E-state index in [1.807, 2.05) is 0 Å². The lowest BCUT2D eigenvalue weighted by atomic mass is 10.0. The number of nitrogens with one attached hydrogen (secondary N) is 1. The molecule has 0 fully saturated rings. The number of hydrogen-bond acceptors (Lipinski definition) is 4. The van der Waals surface area contributed by atoms with Crippen LogP contribution in [0.15, 0.2) is 41.3 Å². The van der Waals surface area contributed by atoms with Crippen LogP contribution in [0.5, 0.6) is 5.75 Å². The average molecular weight is 402 g/mol. The molecule has 1 amide bonds. The van der Waals surface area contributed by atoms with E-state index < -0.39 is 40.0 Å². The van der Waals surface area contributed by atoms with Crippen molar-refractivity contribution < 1.29 is 26.7 Å². The summed E-state index contributed by atoms with van der Waals surface area (Å²) < 4.78 is 55.9. The zero-order valence-electron chi connectivity index (χ0n) is 13.3. The van der Waals surface area contributed by atoms with E-state index >= 15 is 0 Å². The van der Waals surface area contributed by atoms with E-state index in [0.717, 1.165) is 18.2 Å². The highest BCUT2D eigenvalue weighted by molar-refractivity contribution is 7.91. The molecule has 2 aromatic carbocycles. The normalized spacial score (nSPS) is 18.0. The number of fused-ring (bicyclic) bond motifs is 1. The van der Waals surface area contributed by atoms with Gasteiger partial charge in [-0.05, 0) is 42.3 Å². The van der Waals surface area contributed by atoms with E-state index in [4.69, 9.17) is 16.3 Å². The van der Waals surface area contributed by atoms with E-state index in [1.165, 1.54) is 18.2 Å². The van der Waals surface area contributed by atoms with Crippen LogP contribution in [0.25, 0.3) is 0 Å². The van der Waals surface area contributed by atoms with Gasteiger partial charge in [0.25, 0.3) is 5.91 Å². The van der Waals surface area contributed by atoms with Crippen LogP contribution in [0, 0.1) is 11.6 Å². The fraction of sp³-hybridized carbons (Fsp3) is 0.235. The van der Waals surface area contributed by atoms with Crippen molar-refractivity contribution in [3.05, 3.63) is 58.6 Å². The highest BCUT2D eigenvalue weighted by atomic mass is 35.5. The predicted molar refractivity (Wildman–Crippen MR) is 90.9 cm³/mol. The van der Waals surface area contributed by atoms with Crippen LogP contribution < -0.4 is 10.1 Å². The summed E-state index contributed by atoms with van der Waals surface area (Å²) in [4.78, 5) is 12.2. The van der Waals surface area contributed by atoms with Crippen molar-refractivity contribution in [3.63, 3.8) is 0 Å². The molecule has 0 bridgehead atoms. The second-order valence-corrected chi connectivity index (χ2v) is 8.29. The number of hydrogen-bond donors (Lipinski definition) is 1. The molecule has 9 heteroatoms. The van der Waals surface area contributed by atoms with Crippen molar-refractivity contribution in [3.8, 4) is 5.75 Å². The molecule has 5 nitrogen and oxygen atoms in total. The highest BCUT2D eigenvalue weighted by Crippen LogP contribution is 2.34. The Balaban J connectivity index is 1.72. The minimum absolute atomic E-state index is 0.119. The van der Waals surface area contributed by atoms with Crippen molar-refractivity contribution >= 4 is 27.3 Å². The van der Waals surface area contributed by atoms with Gasteiger partial charge in [0.1, 0.15) is 5.82 Å². The van der Waals surface area contributed by atoms with Crippen molar-refractivity contribution in [1.29, 1.82) is 0 Å². The monoisotopic (exact) mass is 401 g/mol. The summed E-state index contributed by atoms with van der Waals surface area (Å²) in [6.07, 6.45) is 0.176. The molecule has 1 atom stereocenters. The Hall–Kier alpha value is -2.19. The number of carbonyl (C=O) groups is 1. The van der Waals surface area contributed by atoms with Gasteiger partial charge in [-0.2, -0.15) is 0 Å². The van der Waals surface area contributed by atoms with Gasteiger partial charge >= 0.3 is 0 Å². The fourth-order valence-corrected chi connectivity index (χ4v) is 4.51. The smallest absolute Gasteiger partial charge is 0.258 e. The number of amides is 1. The summed E-state index contributed by atoms with van der Waals surface area (Å²) in [5.41, 5.74) is 0.397. The largest absolute Gasteiger partial charge is 0.481 e. The Bertz CT molecular complexity index is 965. The second-order valence-electron chi connectivity index (χ2n) is 5.77. The van der Waals surface area contributed by atoms with E-state index in [2.05, 4.69) is 5.32 Å². The molecule has 26 heavy (non-hydrogen) atoms. The molecule has 0 aliphatic carbocycles. The first-order valence-corrected chi connectivity index (χ1v) is 9.69. The van der Waals surface area contributed by atoms with Gasteiger partial charge in [0.2, 0.25) is 0 Å². The van der Waals surface area contributed by atoms with Crippen LogP contribution in [0.4, 0.5) is 8.78 Å². The standard InChI is InChI=1S/C17H14ClF2NO4S/c18-10-1-4-16-12(7-10)14(5-6-26(16,23)24)21-17(22)9-25-15-8-11(19)2-3-13(15)20/h1-4,7-8,14H,5-6,9H2,(H,21,22). The van der Waals surface area contributed by atoms with Gasteiger partial charge < -0.3 is 10.1 Å². The Labute approximate surface area is 153 Å². The molecule has 138 valence electrons. The summed E-state index contributed by atoms with van der Waals surface area (Å²) in [5, 5.41) is 2.99. The SMILES string of the molecule is O=C(COc1cc(F)ccc1F)NC1CCS(=O)(=O)c2ccc(Cl)cc21. The molecule has 0 radical (unpaired) electrons. The minimum Gasteiger partial charge on any atom is -0.481 e. The first kappa shape index (κ1) is 18.6. The number of halogens is 3. The lowest BCUT2D eigenvalue weighted by Crippen LogP contribution is -2.36. The van der Waals surface area contributed by atoms with Crippen molar-refractivity contribution in [2.75, 3.05) is 12.4 Å². The first-order chi connectivity index (χ1) is 12.3. The Morgan fingerprint density at radius 2 is 2.00 bits per heavy atom. The third-order valence-corrected chi connectivity index (χ3v) is 5.99. The maximum absolute atomic E-state index is 13.5. The topological polar surface area (TPSA) is 72.5 Å². The second kappa shape index (κ2) is 7.20. The molecule has 2 aromatic rings. The predicted octanol–water partition coefficient (Wildman–Crippen LogP) is 3.03. The lowest BCUT2D eigenvalue weighted by molar-refractivity contribution is -0.124. The molecule has 0 spiro atoms. The summed E-state index contributed by atoms with van der Waals surface area (Å²) in [7, 11) is -3.43. The maximum atomic E-state index is 13.5. The average Bonchev–Trinajstić information content (AvgIpc) is 2.58. The van der Waals surface area contributed by atoms with E-state index in [-0.39, 0.29) is 22.8 Å². The van der Waals surface area contributed by atoms with Crippen LogP contribution >= 0.6 is 11.6 Å². The first-order valence-electron chi connectivity index (χ1n) is 7.66. The van der Waals surface area contributed by atoms with Crippen molar-refractivity contribution in [2.45, 2.75) is 17.4 Å². The number of carbonyl (C=O) groups excluding carboxylic acids is 1. The van der Waals surface area contributed by atoms with Crippen LogP contribution in [-0.4, -0.2) is 26.7 Å². The molecular formula is C17H14ClF2NO4S. The molecule has 1 heterocycles. The van der Waals surface area contributed by atoms with Crippen LogP contribution in [0.2, 0.25) is 5.02 Å². The van der Waals surface area contributed by atoms with Crippen LogP contribution in [0.1, 0.15) is 18.0 Å². The summed E-state index contributed by atoms with van der Waals surface area (Å²) in [6, 6.07) is 6.47. The summed E-state index contributed by atoms with van der Waals surface area (Å²) in [5.74, 6) is -2.58. The van der Waals surface area contributed by atoms with Crippen LogP contribution in [0.3, 0.4) is 0 Å². The molecule has 1 aliphatic rings. The molecule has 1 N–H and O–H groups in total. The van der Waals surface area contributed by atoms with Gasteiger partial charge in [0, 0.05) is 11.1 Å². The van der Waals surface area contributed by atoms with Crippen molar-refractivity contribution in [1.82, 2.24) is 5.32 Å². The highest BCUT2D eigenvalue weighted by Gasteiger charge is 2.31. The van der Waals surface area contributed by atoms with Gasteiger partial charge in [-0.15, -0.1) is 0 Å². The van der Waals surface area contributed by atoms with Gasteiger partial charge in [-0.3, -0.25) is 4.79 Å². The minimum atomic E-state index is -3.43. The lowest BCUT2D eigenvalue weighted by Gasteiger charge is -2.26. The molecule has 1 aliphatic heterocycles.